The van der Waals surface area contributed by atoms with Gasteiger partial charge in [-0.1, -0.05) is 13.8 Å². The highest BCUT2D eigenvalue weighted by Crippen LogP contribution is 2.29. The summed E-state index contributed by atoms with van der Waals surface area (Å²) in [6.45, 7) is 8.60. The summed E-state index contributed by atoms with van der Waals surface area (Å²) < 4.78 is 0. The SMILES string of the molecule is CCc1nc(N(C)C2CCN(CC)CC2)sc1CN. The highest BCUT2D eigenvalue weighted by molar-refractivity contribution is 7.15. The van der Waals surface area contributed by atoms with E-state index in [1.54, 1.807) is 11.3 Å². The number of hydrogen-bond donors (Lipinski definition) is 1. The largest absolute Gasteiger partial charge is 0.348 e. The van der Waals surface area contributed by atoms with E-state index in [1.807, 2.05) is 0 Å². The van der Waals surface area contributed by atoms with Crippen LogP contribution in [-0.4, -0.2) is 42.6 Å². The van der Waals surface area contributed by atoms with Crippen molar-refractivity contribution in [3.63, 3.8) is 0 Å². The minimum atomic E-state index is 0.614. The van der Waals surface area contributed by atoms with Crippen LogP contribution in [0.1, 0.15) is 37.3 Å². The van der Waals surface area contributed by atoms with Gasteiger partial charge in [-0.3, -0.25) is 0 Å². The van der Waals surface area contributed by atoms with Crippen molar-refractivity contribution in [3.8, 4) is 0 Å². The summed E-state index contributed by atoms with van der Waals surface area (Å²) in [6, 6.07) is 0.629. The zero-order valence-electron chi connectivity index (χ0n) is 12.4. The van der Waals surface area contributed by atoms with Crippen LogP contribution in [0.3, 0.4) is 0 Å². The number of nitrogens with two attached hydrogens (primary N) is 1. The molecule has 1 aliphatic heterocycles. The fourth-order valence-electron chi connectivity index (χ4n) is 2.74. The molecule has 0 spiro atoms. The standard InChI is InChI=1S/C14H26N4S/c1-4-12-13(10-15)19-14(16-12)17(3)11-6-8-18(5-2)9-7-11/h11H,4-10,15H2,1-3H3. The predicted molar refractivity (Wildman–Crippen MR) is 82.9 cm³/mol. The summed E-state index contributed by atoms with van der Waals surface area (Å²) in [4.78, 5) is 10.9. The molecule has 0 radical (unpaired) electrons. The number of nitrogens with zero attached hydrogens (tertiary/aromatic N) is 3. The molecule has 2 heterocycles. The van der Waals surface area contributed by atoms with Crippen molar-refractivity contribution < 1.29 is 0 Å². The van der Waals surface area contributed by atoms with Crippen molar-refractivity contribution in [2.24, 2.45) is 5.73 Å². The van der Waals surface area contributed by atoms with Crippen molar-refractivity contribution in [2.75, 3.05) is 31.6 Å². The summed E-state index contributed by atoms with van der Waals surface area (Å²) >= 11 is 1.77. The normalized spacial score (nSPS) is 17.9. The zero-order chi connectivity index (χ0) is 13.8. The van der Waals surface area contributed by atoms with Gasteiger partial charge in [0, 0.05) is 37.6 Å². The molecular formula is C14H26N4S. The maximum Gasteiger partial charge on any atom is 0.185 e. The van der Waals surface area contributed by atoms with Crippen LogP contribution in [-0.2, 0) is 13.0 Å². The number of thiazole rings is 1. The fourth-order valence-corrected chi connectivity index (χ4v) is 3.80. The molecule has 0 saturated carbocycles. The second-order valence-electron chi connectivity index (χ2n) is 5.20. The topological polar surface area (TPSA) is 45.4 Å². The molecule has 0 bridgehead atoms. The highest BCUT2D eigenvalue weighted by atomic mass is 32.1. The number of rotatable bonds is 5. The van der Waals surface area contributed by atoms with E-state index in [0.717, 1.165) is 11.6 Å². The molecule has 5 heteroatoms. The van der Waals surface area contributed by atoms with Crippen LogP contribution in [0.4, 0.5) is 5.13 Å². The Morgan fingerprint density at radius 2 is 2.05 bits per heavy atom. The Morgan fingerprint density at radius 3 is 2.53 bits per heavy atom. The van der Waals surface area contributed by atoms with E-state index in [2.05, 4.69) is 30.7 Å². The van der Waals surface area contributed by atoms with Gasteiger partial charge in [0.25, 0.3) is 0 Å². The van der Waals surface area contributed by atoms with E-state index < -0.39 is 0 Å². The lowest BCUT2D eigenvalue weighted by Gasteiger charge is -2.36. The Morgan fingerprint density at radius 1 is 1.37 bits per heavy atom. The molecular weight excluding hydrogens is 256 g/mol. The summed E-state index contributed by atoms with van der Waals surface area (Å²) in [6.07, 6.45) is 3.46. The van der Waals surface area contributed by atoms with Gasteiger partial charge >= 0.3 is 0 Å². The zero-order valence-corrected chi connectivity index (χ0v) is 13.2. The van der Waals surface area contributed by atoms with Crippen molar-refractivity contribution in [2.45, 2.75) is 45.7 Å². The molecule has 0 unspecified atom stereocenters. The third-order valence-corrected chi connectivity index (χ3v) is 5.35. The van der Waals surface area contributed by atoms with E-state index in [0.29, 0.717) is 12.6 Å². The van der Waals surface area contributed by atoms with Crippen LogP contribution in [0.5, 0.6) is 0 Å². The molecule has 19 heavy (non-hydrogen) atoms. The number of piperidine rings is 1. The molecule has 2 N–H and O–H groups in total. The first kappa shape index (κ1) is 14.8. The van der Waals surface area contributed by atoms with Crippen LogP contribution < -0.4 is 10.6 Å². The Labute approximate surface area is 120 Å². The van der Waals surface area contributed by atoms with Crippen molar-refractivity contribution in [1.82, 2.24) is 9.88 Å². The van der Waals surface area contributed by atoms with Gasteiger partial charge in [-0.15, -0.1) is 11.3 Å². The molecule has 0 aromatic carbocycles. The summed E-state index contributed by atoms with van der Waals surface area (Å²) in [5.41, 5.74) is 6.98. The lowest BCUT2D eigenvalue weighted by atomic mass is 10.0. The smallest absolute Gasteiger partial charge is 0.185 e. The van der Waals surface area contributed by atoms with E-state index in [9.17, 15) is 0 Å². The third-order valence-electron chi connectivity index (χ3n) is 4.14. The minimum Gasteiger partial charge on any atom is -0.348 e. The third kappa shape index (κ3) is 3.27. The molecule has 2 rings (SSSR count). The molecule has 0 aliphatic carbocycles. The first-order valence-corrected chi connectivity index (χ1v) is 8.15. The van der Waals surface area contributed by atoms with Gasteiger partial charge in [-0.05, 0) is 25.8 Å². The van der Waals surface area contributed by atoms with Gasteiger partial charge in [0.05, 0.1) is 5.69 Å². The summed E-state index contributed by atoms with van der Waals surface area (Å²) in [5.74, 6) is 0. The monoisotopic (exact) mass is 282 g/mol. The molecule has 0 amide bonds. The first-order chi connectivity index (χ1) is 9.19. The van der Waals surface area contributed by atoms with Crippen LogP contribution in [0.2, 0.25) is 0 Å². The summed E-state index contributed by atoms with van der Waals surface area (Å²) in [5, 5.41) is 1.15. The Bertz CT molecular complexity index is 375. The van der Waals surface area contributed by atoms with E-state index in [4.69, 9.17) is 10.7 Å². The minimum absolute atomic E-state index is 0.614. The van der Waals surface area contributed by atoms with Gasteiger partial charge in [-0.25, -0.2) is 4.98 Å². The number of hydrogen-bond acceptors (Lipinski definition) is 5. The molecule has 4 nitrogen and oxygen atoms in total. The average Bonchev–Trinajstić information content (AvgIpc) is 2.89. The van der Waals surface area contributed by atoms with Gasteiger partial charge in [0.2, 0.25) is 0 Å². The summed E-state index contributed by atoms with van der Waals surface area (Å²) in [7, 11) is 2.19. The van der Waals surface area contributed by atoms with Gasteiger partial charge in [-0.2, -0.15) is 0 Å². The second kappa shape index (κ2) is 6.68. The van der Waals surface area contributed by atoms with E-state index in [1.165, 1.54) is 43.0 Å². The first-order valence-electron chi connectivity index (χ1n) is 7.33. The number of anilines is 1. The second-order valence-corrected chi connectivity index (χ2v) is 6.26. The molecule has 1 saturated heterocycles. The Hall–Kier alpha value is -0.650. The maximum absolute atomic E-state index is 5.80. The molecule has 1 aromatic heterocycles. The molecule has 1 fully saturated rings. The molecule has 1 aromatic rings. The molecule has 108 valence electrons. The Balaban J connectivity index is 2.03. The van der Waals surface area contributed by atoms with E-state index >= 15 is 0 Å². The molecule has 0 atom stereocenters. The maximum atomic E-state index is 5.80. The lowest BCUT2D eigenvalue weighted by molar-refractivity contribution is 0.221. The number of likely N-dealkylation sites (tertiary alicyclic amines) is 1. The predicted octanol–water partition coefficient (Wildman–Crippen LogP) is 2.08. The highest BCUT2D eigenvalue weighted by Gasteiger charge is 2.24. The quantitative estimate of drug-likeness (QED) is 0.898. The van der Waals surface area contributed by atoms with Gasteiger partial charge in [0.1, 0.15) is 0 Å². The van der Waals surface area contributed by atoms with Gasteiger partial charge in [0.15, 0.2) is 5.13 Å². The van der Waals surface area contributed by atoms with E-state index in [-0.39, 0.29) is 0 Å². The Kier molecular flexibility index (Phi) is 5.19. The fraction of sp³-hybridized carbons (Fsp3) is 0.786. The van der Waals surface area contributed by atoms with Crippen LogP contribution in [0, 0.1) is 0 Å². The number of aromatic nitrogens is 1. The van der Waals surface area contributed by atoms with Crippen molar-refractivity contribution >= 4 is 16.5 Å². The van der Waals surface area contributed by atoms with Crippen molar-refractivity contribution in [3.05, 3.63) is 10.6 Å². The van der Waals surface area contributed by atoms with Crippen LogP contribution in [0.15, 0.2) is 0 Å². The van der Waals surface area contributed by atoms with Crippen LogP contribution in [0.25, 0.3) is 0 Å². The van der Waals surface area contributed by atoms with Gasteiger partial charge < -0.3 is 15.5 Å². The van der Waals surface area contributed by atoms with Crippen molar-refractivity contribution in [1.29, 1.82) is 0 Å². The lowest BCUT2D eigenvalue weighted by Crippen LogP contribution is -2.43. The van der Waals surface area contributed by atoms with Crippen LogP contribution >= 0.6 is 11.3 Å². The number of aryl methyl sites for hydroxylation is 1. The average molecular weight is 282 g/mol. The molecule has 1 aliphatic rings.